The second kappa shape index (κ2) is 5.66. The normalized spacial score (nSPS) is 19.9. The van der Waals surface area contributed by atoms with E-state index in [4.69, 9.17) is 11.6 Å². The van der Waals surface area contributed by atoms with Crippen LogP contribution in [0.1, 0.15) is 43.9 Å². The molecule has 0 amide bonds. The lowest BCUT2D eigenvalue weighted by Gasteiger charge is -2.37. The summed E-state index contributed by atoms with van der Waals surface area (Å²) in [5.74, 6) is 0. The molecule has 0 aromatic heterocycles. The van der Waals surface area contributed by atoms with Crippen molar-refractivity contribution in [1.82, 2.24) is 0 Å². The summed E-state index contributed by atoms with van der Waals surface area (Å²) >= 11 is 9.63. The summed E-state index contributed by atoms with van der Waals surface area (Å²) in [6, 6.07) is 15.2. The molecule has 0 spiro atoms. The molecule has 0 fully saturated rings. The molecule has 1 unspecified atom stereocenters. The summed E-state index contributed by atoms with van der Waals surface area (Å²) in [5.41, 5.74) is 4.19. The van der Waals surface area contributed by atoms with Crippen molar-refractivity contribution in [3.63, 3.8) is 0 Å². The minimum Gasteiger partial charge on any atom is -0.378 e. The molecule has 3 heteroatoms. The van der Waals surface area contributed by atoms with E-state index >= 15 is 0 Å². The van der Waals surface area contributed by atoms with Crippen molar-refractivity contribution in [3.8, 4) is 0 Å². The Morgan fingerprint density at radius 2 is 1.95 bits per heavy atom. The lowest BCUT2D eigenvalue weighted by molar-refractivity contribution is 0.406. The predicted octanol–water partition coefficient (Wildman–Crippen LogP) is 6.33. The summed E-state index contributed by atoms with van der Waals surface area (Å²) in [7, 11) is 0. The third kappa shape index (κ3) is 2.97. The number of hydrogen-bond donors (Lipinski definition) is 1. The van der Waals surface area contributed by atoms with E-state index < -0.39 is 0 Å². The minimum absolute atomic E-state index is 0.256. The molecule has 21 heavy (non-hydrogen) atoms. The van der Waals surface area contributed by atoms with Crippen LogP contribution in [0.5, 0.6) is 0 Å². The Balaban J connectivity index is 1.92. The van der Waals surface area contributed by atoms with Crippen LogP contribution in [0.15, 0.2) is 46.9 Å². The summed E-state index contributed by atoms with van der Waals surface area (Å²) < 4.78 is 0.930. The van der Waals surface area contributed by atoms with Gasteiger partial charge in [0.15, 0.2) is 0 Å². The molecule has 0 saturated heterocycles. The average molecular weight is 365 g/mol. The molecule has 0 bridgehead atoms. The van der Waals surface area contributed by atoms with Gasteiger partial charge >= 0.3 is 0 Å². The van der Waals surface area contributed by atoms with Crippen LogP contribution in [0.2, 0.25) is 5.02 Å². The molecular formula is C18H19BrClN. The highest BCUT2D eigenvalue weighted by atomic mass is 79.9. The van der Waals surface area contributed by atoms with E-state index in [1.807, 2.05) is 12.1 Å². The van der Waals surface area contributed by atoms with Crippen LogP contribution in [0.4, 0.5) is 5.69 Å². The van der Waals surface area contributed by atoms with Crippen molar-refractivity contribution in [2.45, 2.75) is 38.1 Å². The van der Waals surface area contributed by atoms with Gasteiger partial charge in [0.2, 0.25) is 0 Å². The largest absolute Gasteiger partial charge is 0.378 e. The Morgan fingerprint density at radius 1 is 1.19 bits per heavy atom. The Morgan fingerprint density at radius 3 is 2.71 bits per heavy atom. The highest BCUT2D eigenvalue weighted by Crippen LogP contribution is 2.42. The van der Waals surface area contributed by atoms with Crippen molar-refractivity contribution in [3.05, 3.63) is 63.1 Å². The van der Waals surface area contributed by atoms with E-state index in [1.165, 1.54) is 17.5 Å². The van der Waals surface area contributed by atoms with Crippen molar-refractivity contribution < 1.29 is 0 Å². The van der Waals surface area contributed by atoms with Gasteiger partial charge in [-0.15, -0.1) is 0 Å². The number of nitrogens with one attached hydrogen (secondary N) is 1. The van der Waals surface area contributed by atoms with Crippen LogP contribution in [-0.4, -0.2) is 0 Å². The van der Waals surface area contributed by atoms with Crippen LogP contribution >= 0.6 is 27.5 Å². The van der Waals surface area contributed by atoms with E-state index in [2.05, 4.69) is 65.4 Å². The predicted molar refractivity (Wildman–Crippen MR) is 94.2 cm³/mol. The molecule has 1 N–H and O–H groups in total. The molecule has 0 saturated carbocycles. The summed E-state index contributed by atoms with van der Waals surface area (Å²) in [6.07, 6.45) is 2.32. The minimum atomic E-state index is 0.256. The van der Waals surface area contributed by atoms with Crippen molar-refractivity contribution in [2.24, 2.45) is 0 Å². The zero-order valence-corrected chi connectivity index (χ0v) is 14.6. The zero-order chi connectivity index (χ0) is 15.0. The topological polar surface area (TPSA) is 12.0 Å². The van der Waals surface area contributed by atoms with Gasteiger partial charge in [-0.05, 0) is 63.5 Å². The van der Waals surface area contributed by atoms with Gasteiger partial charge < -0.3 is 5.32 Å². The van der Waals surface area contributed by atoms with E-state index in [1.54, 1.807) is 0 Å². The number of halogens is 2. The number of rotatable bonds is 2. The van der Waals surface area contributed by atoms with Crippen LogP contribution in [0.3, 0.4) is 0 Å². The Kier molecular flexibility index (Phi) is 4.02. The van der Waals surface area contributed by atoms with E-state index in [0.717, 1.165) is 21.6 Å². The van der Waals surface area contributed by atoms with Crippen molar-refractivity contribution in [1.29, 1.82) is 0 Å². The summed E-state index contributed by atoms with van der Waals surface area (Å²) in [6.45, 7) is 4.66. The standard InChI is InChI=1S/C18H19BrClN/c1-18(2)10-9-17(13-5-3-4-6-14(13)18)21-12-7-8-15(19)16(20)11-12/h3-8,11,17,21H,9-10H2,1-2H3. The fourth-order valence-electron chi connectivity index (χ4n) is 3.15. The van der Waals surface area contributed by atoms with Crippen molar-refractivity contribution in [2.75, 3.05) is 5.32 Å². The number of anilines is 1. The third-order valence-corrected chi connectivity index (χ3v) is 5.62. The SMILES string of the molecule is CC1(C)CCC(Nc2ccc(Br)c(Cl)c2)c2ccccc21. The Hall–Kier alpha value is -0.990. The maximum Gasteiger partial charge on any atom is 0.0568 e. The van der Waals surface area contributed by atoms with E-state index in [9.17, 15) is 0 Å². The second-order valence-electron chi connectivity index (χ2n) is 6.34. The maximum atomic E-state index is 6.19. The molecule has 0 radical (unpaired) electrons. The second-order valence-corrected chi connectivity index (χ2v) is 7.60. The quantitative estimate of drug-likeness (QED) is 0.656. The fourth-order valence-corrected chi connectivity index (χ4v) is 3.58. The molecule has 110 valence electrons. The smallest absolute Gasteiger partial charge is 0.0568 e. The van der Waals surface area contributed by atoms with Crippen molar-refractivity contribution >= 4 is 33.2 Å². The lowest BCUT2D eigenvalue weighted by atomic mass is 9.71. The molecule has 1 atom stereocenters. The van der Waals surface area contributed by atoms with Gasteiger partial charge in [0.25, 0.3) is 0 Å². The van der Waals surface area contributed by atoms with Gasteiger partial charge in [0, 0.05) is 10.2 Å². The fraction of sp³-hybridized carbons (Fsp3) is 0.333. The molecular weight excluding hydrogens is 346 g/mol. The van der Waals surface area contributed by atoms with Gasteiger partial charge in [0.05, 0.1) is 11.1 Å². The maximum absolute atomic E-state index is 6.19. The molecule has 1 aliphatic carbocycles. The van der Waals surface area contributed by atoms with Gasteiger partial charge in [-0.3, -0.25) is 0 Å². The molecule has 1 nitrogen and oxygen atoms in total. The van der Waals surface area contributed by atoms with Crippen LogP contribution in [0.25, 0.3) is 0 Å². The third-order valence-electron chi connectivity index (χ3n) is 4.38. The molecule has 2 aromatic rings. The number of hydrogen-bond acceptors (Lipinski definition) is 1. The van der Waals surface area contributed by atoms with E-state index in [-0.39, 0.29) is 5.41 Å². The average Bonchev–Trinajstić information content (AvgIpc) is 2.46. The zero-order valence-electron chi connectivity index (χ0n) is 12.3. The number of fused-ring (bicyclic) bond motifs is 1. The molecule has 0 aliphatic heterocycles. The summed E-state index contributed by atoms with van der Waals surface area (Å²) in [4.78, 5) is 0. The Labute approximate surface area is 139 Å². The van der Waals surface area contributed by atoms with Gasteiger partial charge in [0.1, 0.15) is 0 Å². The van der Waals surface area contributed by atoms with Crippen LogP contribution in [-0.2, 0) is 5.41 Å². The lowest BCUT2D eigenvalue weighted by Crippen LogP contribution is -2.29. The first-order valence-electron chi connectivity index (χ1n) is 7.28. The molecule has 1 aliphatic rings. The monoisotopic (exact) mass is 363 g/mol. The van der Waals surface area contributed by atoms with Gasteiger partial charge in [-0.2, -0.15) is 0 Å². The highest BCUT2D eigenvalue weighted by molar-refractivity contribution is 9.10. The van der Waals surface area contributed by atoms with E-state index in [0.29, 0.717) is 6.04 Å². The summed E-state index contributed by atoms with van der Waals surface area (Å²) in [5, 5.41) is 4.38. The van der Waals surface area contributed by atoms with Gasteiger partial charge in [-0.1, -0.05) is 49.7 Å². The first kappa shape index (κ1) is 14.9. The van der Waals surface area contributed by atoms with Crippen LogP contribution in [0, 0.1) is 0 Å². The first-order chi connectivity index (χ1) is 9.97. The first-order valence-corrected chi connectivity index (χ1v) is 8.45. The highest BCUT2D eigenvalue weighted by Gasteiger charge is 2.32. The molecule has 3 rings (SSSR count). The number of benzene rings is 2. The Bertz CT molecular complexity index is 666. The molecule has 0 heterocycles. The molecule has 2 aromatic carbocycles. The van der Waals surface area contributed by atoms with Crippen LogP contribution < -0.4 is 5.32 Å². The van der Waals surface area contributed by atoms with Gasteiger partial charge in [-0.25, -0.2) is 0 Å².